The number of benzene rings is 1. The van der Waals surface area contributed by atoms with Crippen LogP contribution < -0.4 is 5.73 Å². The van der Waals surface area contributed by atoms with Crippen molar-refractivity contribution in [2.24, 2.45) is 5.73 Å². The minimum absolute atomic E-state index is 0.631. The number of hydrogen-bond donors (Lipinski definition) is 1. The van der Waals surface area contributed by atoms with Crippen molar-refractivity contribution in [3.05, 3.63) is 36.0 Å². The summed E-state index contributed by atoms with van der Waals surface area (Å²) in [4.78, 5) is 0. The Balaban J connectivity index is 2.05. The lowest BCUT2D eigenvalue weighted by Gasteiger charge is -2.24. The summed E-state index contributed by atoms with van der Waals surface area (Å²) in [6.45, 7) is 0.631. The molecule has 2 heteroatoms. The third-order valence-corrected chi connectivity index (χ3v) is 4.04. The SMILES string of the molecule is NCc1cccc2c1ccn2C1CCCCC1. The van der Waals surface area contributed by atoms with E-state index in [1.807, 2.05) is 0 Å². The summed E-state index contributed by atoms with van der Waals surface area (Å²) < 4.78 is 2.47. The van der Waals surface area contributed by atoms with Crippen LogP contribution >= 0.6 is 0 Å². The third-order valence-electron chi connectivity index (χ3n) is 4.04. The number of nitrogens with zero attached hydrogens (tertiary/aromatic N) is 1. The summed E-state index contributed by atoms with van der Waals surface area (Å²) in [6.07, 6.45) is 9.07. The van der Waals surface area contributed by atoms with Crippen LogP contribution in [0.5, 0.6) is 0 Å². The predicted octanol–water partition coefficient (Wildman–Crippen LogP) is 3.61. The highest BCUT2D eigenvalue weighted by Gasteiger charge is 2.16. The molecule has 1 aromatic carbocycles. The van der Waals surface area contributed by atoms with Gasteiger partial charge in [0.15, 0.2) is 0 Å². The first-order valence-corrected chi connectivity index (χ1v) is 6.68. The molecule has 0 saturated heterocycles. The summed E-state index contributed by atoms with van der Waals surface area (Å²) in [6, 6.07) is 9.42. The van der Waals surface area contributed by atoms with Gasteiger partial charge < -0.3 is 10.3 Å². The van der Waals surface area contributed by atoms with Crippen LogP contribution in [0, 0.1) is 0 Å². The van der Waals surface area contributed by atoms with Gasteiger partial charge >= 0.3 is 0 Å². The molecular formula is C15H20N2. The first-order chi connectivity index (χ1) is 8.40. The molecular weight excluding hydrogens is 208 g/mol. The highest BCUT2D eigenvalue weighted by Crippen LogP contribution is 2.32. The van der Waals surface area contributed by atoms with E-state index in [0.717, 1.165) is 0 Å². The van der Waals surface area contributed by atoms with E-state index in [1.165, 1.54) is 48.6 Å². The lowest BCUT2D eigenvalue weighted by molar-refractivity contribution is 0.361. The first-order valence-electron chi connectivity index (χ1n) is 6.68. The van der Waals surface area contributed by atoms with Gasteiger partial charge in [0.2, 0.25) is 0 Å². The number of nitrogens with two attached hydrogens (primary N) is 1. The molecule has 0 amide bonds. The fraction of sp³-hybridized carbons (Fsp3) is 0.467. The minimum Gasteiger partial charge on any atom is -0.344 e. The van der Waals surface area contributed by atoms with Crippen LogP contribution in [-0.2, 0) is 6.54 Å². The van der Waals surface area contributed by atoms with Crippen LogP contribution in [0.1, 0.15) is 43.7 Å². The molecule has 17 heavy (non-hydrogen) atoms. The molecule has 2 nitrogen and oxygen atoms in total. The quantitative estimate of drug-likeness (QED) is 0.836. The van der Waals surface area contributed by atoms with Crippen LogP contribution in [0.25, 0.3) is 10.9 Å². The zero-order chi connectivity index (χ0) is 11.7. The molecule has 1 heterocycles. The van der Waals surface area contributed by atoms with Gasteiger partial charge in [0.1, 0.15) is 0 Å². The van der Waals surface area contributed by atoms with Crippen LogP contribution in [0.3, 0.4) is 0 Å². The summed E-state index contributed by atoms with van der Waals surface area (Å²) in [7, 11) is 0. The fourth-order valence-corrected chi connectivity index (χ4v) is 3.11. The number of rotatable bonds is 2. The Morgan fingerprint density at radius 3 is 2.71 bits per heavy atom. The molecule has 1 saturated carbocycles. The van der Waals surface area contributed by atoms with Crippen molar-refractivity contribution >= 4 is 10.9 Å². The maximum atomic E-state index is 5.79. The second-order valence-corrected chi connectivity index (χ2v) is 5.07. The van der Waals surface area contributed by atoms with Crippen LogP contribution in [0.2, 0.25) is 0 Å². The van der Waals surface area contributed by atoms with Crippen molar-refractivity contribution in [3.8, 4) is 0 Å². The molecule has 1 fully saturated rings. The second kappa shape index (κ2) is 4.53. The molecule has 1 aliphatic carbocycles. The van der Waals surface area contributed by atoms with E-state index < -0.39 is 0 Å². The van der Waals surface area contributed by atoms with Crippen LogP contribution in [0.4, 0.5) is 0 Å². The Morgan fingerprint density at radius 1 is 1.12 bits per heavy atom. The molecule has 0 bridgehead atoms. The van der Waals surface area contributed by atoms with Gasteiger partial charge in [0.05, 0.1) is 0 Å². The lowest BCUT2D eigenvalue weighted by atomic mass is 9.95. The molecule has 1 aliphatic rings. The van der Waals surface area contributed by atoms with Gasteiger partial charge in [0, 0.05) is 29.7 Å². The van der Waals surface area contributed by atoms with E-state index in [0.29, 0.717) is 12.6 Å². The highest BCUT2D eigenvalue weighted by molar-refractivity contribution is 5.83. The Morgan fingerprint density at radius 2 is 1.94 bits per heavy atom. The largest absolute Gasteiger partial charge is 0.344 e. The van der Waals surface area contributed by atoms with Gasteiger partial charge in [-0.15, -0.1) is 0 Å². The summed E-state index contributed by atoms with van der Waals surface area (Å²) in [5.74, 6) is 0. The van der Waals surface area contributed by atoms with Crippen molar-refractivity contribution in [3.63, 3.8) is 0 Å². The third kappa shape index (κ3) is 1.87. The monoisotopic (exact) mass is 228 g/mol. The molecule has 0 spiro atoms. The average molecular weight is 228 g/mol. The minimum atomic E-state index is 0.631. The zero-order valence-corrected chi connectivity index (χ0v) is 10.2. The first kappa shape index (κ1) is 10.8. The van der Waals surface area contributed by atoms with Crippen molar-refractivity contribution in [1.29, 1.82) is 0 Å². The van der Waals surface area contributed by atoms with Gasteiger partial charge in [-0.2, -0.15) is 0 Å². The molecule has 1 aromatic heterocycles. The smallest absolute Gasteiger partial charge is 0.0486 e. The van der Waals surface area contributed by atoms with Crippen molar-refractivity contribution in [1.82, 2.24) is 4.57 Å². The van der Waals surface area contributed by atoms with Crippen molar-refractivity contribution < 1.29 is 0 Å². The van der Waals surface area contributed by atoms with E-state index in [9.17, 15) is 0 Å². The van der Waals surface area contributed by atoms with Gasteiger partial charge in [-0.1, -0.05) is 31.4 Å². The molecule has 3 rings (SSSR count). The Kier molecular flexibility index (Phi) is 2.89. The average Bonchev–Trinajstić information content (AvgIpc) is 2.83. The van der Waals surface area contributed by atoms with Gasteiger partial charge in [-0.3, -0.25) is 0 Å². The molecule has 0 unspecified atom stereocenters. The predicted molar refractivity (Wildman–Crippen MR) is 72.0 cm³/mol. The summed E-state index contributed by atoms with van der Waals surface area (Å²) >= 11 is 0. The van der Waals surface area contributed by atoms with Crippen molar-refractivity contribution in [2.75, 3.05) is 0 Å². The molecule has 90 valence electrons. The van der Waals surface area contributed by atoms with Crippen LogP contribution in [0.15, 0.2) is 30.5 Å². The van der Waals surface area contributed by atoms with Crippen molar-refractivity contribution in [2.45, 2.75) is 44.7 Å². The normalized spacial score (nSPS) is 17.7. The van der Waals surface area contributed by atoms with Gasteiger partial charge in [0.25, 0.3) is 0 Å². The van der Waals surface area contributed by atoms with E-state index in [4.69, 9.17) is 5.73 Å². The zero-order valence-electron chi connectivity index (χ0n) is 10.2. The lowest BCUT2D eigenvalue weighted by Crippen LogP contribution is -2.11. The summed E-state index contributed by atoms with van der Waals surface area (Å²) in [5, 5.41) is 1.33. The van der Waals surface area contributed by atoms with Crippen LogP contribution in [-0.4, -0.2) is 4.57 Å². The number of aromatic nitrogens is 1. The van der Waals surface area contributed by atoms with E-state index in [2.05, 4.69) is 35.0 Å². The maximum absolute atomic E-state index is 5.79. The number of fused-ring (bicyclic) bond motifs is 1. The molecule has 0 radical (unpaired) electrons. The van der Waals surface area contributed by atoms with E-state index >= 15 is 0 Å². The molecule has 0 aliphatic heterocycles. The second-order valence-electron chi connectivity index (χ2n) is 5.07. The molecule has 2 N–H and O–H groups in total. The van der Waals surface area contributed by atoms with E-state index in [-0.39, 0.29) is 0 Å². The standard InChI is InChI=1S/C15H20N2/c16-11-12-5-4-8-15-14(12)9-10-17(15)13-6-2-1-3-7-13/h4-5,8-10,13H,1-3,6-7,11,16H2. The maximum Gasteiger partial charge on any atom is 0.0486 e. The topological polar surface area (TPSA) is 30.9 Å². The van der Waals surface area contributed by atoms with E-state index in [1.54, 1.807) is 0 Å². The Bertz CT molecular complexity index is 507. The fourth-order valence-electron chi connectivity index (χ4n) is 3.11. The highest BCUT2D eigenvalue weighted by atomic mass is 15.0. The number of hydrogen-bond acceptors (Lipinski definition) is 1. The van der Waals surface area contributed by atoms with Gasteiger partial charge in [-0.05, 0) is 30.5 Å². The molecule has 0 atom stereocenters. The molecule has 2 aromatic rings. The van der Waals surface area contributed by atoms with Gasteiger partial charge in [-0.25, -0.2) is 0 Å². The summed E-state index contributed by atoms with van der Waals surface area (Å²) in [5.41, 5.74) is 8.42. The Hall–Kier alpha value is -1.28. The Labute approximate surface area is 102 Å².